The smallest absolute Gasteiger partial charge is 0.338 e. The molecule has 0 radical (unpaired) electrons. The molecule has 0 saturated carbocycles. The van der Waals surface area contributed by atoms with Gasteiger partial charge >= 0.3 is 71.6 Å². The largest absolute Gasteiger partial charge is 0.463 e. The molecule has 5 aliphatic heterocycles. The molecule has 36 nitrogen and oxygen atoms in total. The molecule has 25 atom stereocenters. The average Bonchev–Trinajstić information content (AvgIpc) is 0.741. The highest BCUT2D eigenvalue weighted by atomic mass is 28.4. The van der Waals surface area contributed by atoms with Crippen LogP contribution in [0.25, 0.3) is 0 Å². The first-order valence-corrected chi connectivity index (χ1v) is 49.3. The van der Waals surface area contributed by atoms with Gasteiger partial charge in [-0.2, -0.15) is 0 Å². The Labute approximate surface area is 806 Å². The van der Waals surface area contributed by atoms with E-state index in [-0.39, 0.29) is 16.7 Å². The van der Waals surface area contributed by atoms with Crippen molar-refractivity contribution in [1.82, 2.24) is 0 Å². The topological polar surface area (TPSA) is 437 Å². The third-order valence-corrected chi connectivity index (χ3v) is 33.8. The maximum atomic E-state index is 16.0. The highest BCUT2D eigenvalue weighted by Gasteiger charge is 2.64. The molecule has 5 heterocycles. The Bertz CT molecular complexity index is 5270. The molecule has 746 valence electrons. The molecule has 0 aromatic heterocycles. The summed E-state index contributed by atoms with van der Waals surface area (Å²) in [6.07, 6.45) is -48.6. The zero-order chi connectivity index (χ0) is 101. The van der Waals surface area contributed by atoms with Gasteiger partial charge in [0.25, 0.3) is 16.6 Å². The SMILES string of the molecule is CC(=O)OC[C@H]1O[C@@H](O[C@@H]2[C@@H](OC(C)=O)[C@@H](OC(C)=O)[C@H](O[C@H]3[C@H](OC(=O)c4ccccc4)[C@@H](OC(=O)c4ccccc4)[C@H](O[C@H]4[C@H](OC(=O)c5ccccc5)[C@@H](O[C@@H]5O[C@@H](C)[C@H](OC(C)=O)[C@@H](OC(C)=O)[C@H]5OC(C)=O)[C@H](O)O[C@@H]4CO[Si](c4ccccc4)(c4ccccc4)C(C)(C)C)O[C@@H]3CO[Si](c3ccccc3)(c3ccccc3)C(C)(C)C)O[C@H]2C)[C@H](OC(C)=O)[C@@H](OC(C)=O)[C@@H]1OC(C)=O. The predicted octanol–water partition coefficient (Wildman–Crippen LogP) is 8.03. The van der Waals surface area contributed by atoms with E-state index in [0.717, 1.165) is 72.7 Å². The van der Waals surface area contributed by atoms with Crippen LogP contribution in [0.2, 0.25) is 10.1 Å². The molecular weight excluding hydrogens is 1850 g/mol. The average molecular weight is 1960 g/mol. The first-order valence-electron chi connectivity index (χ1n) is 45.4. The van der Waals surface area contributed by atoms with Crippen LogP contribution in [0.3, 0.4) is 0 Å². The third-order valence-electron chi connectivity index (χ3n) is 23.8. The van der Waals surface area contributed by atoms with Gasteiger partial charge in [-0.25, -0.2) is 14.4 Å². The number of hydrogen-bond donors (Lipinski definition) is 1. The Morgan fingerprint density at radius 2 is 0.489 bits per heavy atom. The Kier molecular flexibility index (Phi) is 35.8. The van der Waals surface area contributed by atoms with Crippen LogP contribution < -0.4 is 20.7 Å². The number of carbonyl (C=O) groups is 12. The van der Waals surface area contributed by atoms with Gasteiger partial charge in [-0.05, 0) is 81.1 Å². The maximum absolute atomic E-state index is 16.0. The first-order chi connectivity index (χ1) is 66.1. The monoisotopic (exact) mass is 1960 g/mol. The summed E-state index contributed by atoms with van der Waals surface area (Å²) in [6, 6.07) is 59.9. The van der Waals surface area contributed by atoms with Crippen molar-refractivity contribution in [2.45, 2.75) is 281 Å². The van der Waals surface area contributed by atoms with Gasteiger partial charge in [-0.15, -0.1) is 0 Å². The minimum absolute atomic E-state index is 0.0987. The molecule has 12 rings (SSSR count). The summed E-state index contributed by atoms with van der Waals surface area (Å²) in [4.78, 5) is 168. The number of hydrogen-bond acceptors (Lipinski definition) is 36. The zero-order valence-electron chi connectivity index (χ0n) is 80.0. The number of aliphatic hydroxyl groups is 1. The van der Waals surface area contributed by atoms with Crippen LogP contribution in [0, 0.1) is 0 Å². The van der Waals surface area contributed by atoms with Crippen LogP contribution in [0.1, 0.15) is 149 Å². The second kappa shape index (κ2) is 46.9. The lowest BCUT2D eigenvalue weighted by atomic mass is 9.94. The van der Waals surface area contributed by atoms with Crippen LogP contribution in [-0.4, -0.2) is 267 Å². The summed E-state index contributed by atoms with van der Waals surface area (Å²) >= 11 is 0. The quantitative estimate of drug-likeness (QED) is 0.0226. The van der Waals surface area contributed by atoms with Gasteiger partial charge in [0.05, 0.1) is 42.1 Å². The molecule has 0 unspecified atom stereocenters. The Morgan fingerprint density at radius 3 is 0.813 bits per heavy atom. The summed E-state index contributed by atoms with van der Waals surface area (Å²) in [5, 5.41) is 14.6. The zero-order valence-corrected chi connectivity index (χ0v) is 82.0. The lowest BCUT2D eigenvalue weighted by Crippen LogP contribution is -2.71. The number of carbonyl (C=O) groups excluding carboxylic acids is 12. The molecule has 0 amide bonds. The molecule has 0 bridgehead atoms. The van der Waals surface area contributed by atoms with Crippen molar-refractivity contribution >= 4 is 109 Å². The number of ether oxygens (including phenoxy) is 21. The molecule has 7 aromatic carbocycles. The summed E-state index contributed by atoms with van der Waals surface area (Å²) in [5.41, 5.74) is -0.357. The van der Waals surface area contributed by atoms with Crippen LogP contribution in [-0.2, 0) is 151 Å². The van der Waals surface area contributed by atoms with Gasteiger partial charge < -0.3 is 113 Å². The number of aliphatic hydroxyl groups excluding tert-OH is 1. The highest BCUT2D eigenvalue weighted by Crippen LogP contribution is 2.45. The fraction of sp³-hybridized carbons (Fsp3) is 0.465. The van der Waals surface area contributed by atoms with E-state index in [4.69, 9.17) is 108 Å². The van der Waals surface area contributed by atoms with E-state index in [0.29, 0.717) is 10.4 Å². The number of rotatable bonds is 34. The number of benzene rings is 7. The van der Waals surface area contributed by atoms with Gasteiger partial charge in [0.2, 0.25) is 0 Å². The van der Waals surface area contributed by atoms with E-state index < -0.39 is 272 Å². The molecular formula is C101H118O36Si2. The Balaban J connectivity index is 1.11. The van der Waals surface area contributed by atoms with E-state index >= 15 is 14.4 Å². The van der Waals surface area contributed by atoms with Crippen molar-refractivity contribution in [3.8, 4) is 0 Å². The standard InChI is InChI=1S/C101H118O36Si2/c1-56-77(120-59(4)103)82(122-61(6)105)88(125-64(9)108)97(118-56)137-87-84(131-92(111)67-39-25-18-26-40-67)80(75(128-95(87)114)54-116-138(100(12,13)14,70-45-31-21-32-46-70)71-47-33-22-34-48-71)136-99-91(133-94(113)69-43-29-20-30-44-69)86(132-93(112)68-41-27-19-28-42-68)81(76(130-99)55-117-139(101(15,16)17,72-49-35-23-36-50-72)73-51-37-24-38-52-73)135-96-89(126-65(10)109)83(123-62(7)106)78(57(2)119-96)134-98-90(127-66(11)110)85(124-63(8)107)79(121-60(5)104)74(129-98)53-115-58(3)102/h18-52,56-57,74-91,95-99,114H,53-55H2,1-17H3/t56-,57-,74+,75+,76+,77-,78-,79+,80+,81+,82+,83+,84-,85-,86-,87+,88+,89+,90+,91+,95+,96-,97-,98-,99-/m0/s1. The number of esters is 12. The second-order valence-corrected chi connectivity index (χ2v) is 44.6. The van der Waals surface area contributed by atoms with Crippen LogP contribution in [0.4, 0.5) is 0 Å². The van der Waals surface area contributed by atoms with E-state index in [2.05, 4.69) is 0 Å². The maximum Gasteiger partial charge on any atom is 0.338 e. The summed E-state index contributed by atoms with van der Waals surface area (Å²) < 4.78 is 152. The molecule has 5 fully saturated rings. The lowest BCUT2D eigenvalue weighted by Gasteiger charge is -2.52. The first kappa shape index (κ1) is 106. The molecule has 5 saturated heterocycles. The Hall–Kier alpha value is -11.9. The van der Waals surface area contributed by atoms with E-state index in [1.165, 1.54) is 74.5 Å². The molecule has 0 aliphatic carbocycles. The van der Waals surface area contributed by atoms with Gasteiger partial charge in [0.15, 0.2) is 105 Å². The van der Waals surface area contributed by atoms with Crippen LogP contribution in [0.15, 0.2) is 212 Å². The second-order valence-electron chi connectivity index (χ2n) is 36.0. The van der Waals surface area contributed by atoms with E-state index in [1.54, 1.807) is 30.3 Å². The van der Waals surface area contributed by atoms with Crippen LogP contribution in [0.5, 0.6) is 0 Å². The van der Waals surface area contributed by atoms with Gasteiger partial charge in [-0.1, -0.05) is 217 Å². The van der Waals surface area contributed by atoms with E-state index in [9.17, 15) is 48.3 Å². The van der Waals surface area contributed by atoms with E-state index in [1.807, 2.05) is 163 Å². The van der Waals surface area contributed by atoms with Crippen LogP contribution >= 0.6 is 0 Å². The molecule has 7 aromatic rings. The molecule has 38 heteroatoms. The minimum atomic E-state index is -3.99. The van der Waals surface area contributed by atoms with Gasteiger partial charge in [0.1, 0.15) is 43.2 Å². The van der Waals surface area contributed by atoms with Gasteiger partial charge in [-0.3, -0.25) is 43.2 Å². The van der Waals surface area contributed by atoms with Crippen molar-refractivity contribution in [2.75, 3.05) is 19.8 Å². The third kappa shape index (κ3) is 25.7. The fourth-order valence-electron chi connectivity index (χ4n) is 18.2. The van der Waals surface area contributed by atoms with Gasteiger partial charge in [0, 0.05) is 62.3 Å². The van der Waals surface area contributed by atoms with Crippen molar-refractivity contribution in [3.63, 3.8) is 0 Å². The molecule has 139 heavy (non-hydrogen) atoms. The summed E-state index contributed by atoms with van der Waals surface area (Å²) in [6.45, 7) is 21.9. The predicted molar refractivity (Wildman–Crippen MR) is 492 cm³/mol. The summed E-state index contributed by atoms with van der Waals surface area (Å²) in [7, 11) is -7.86. The minimum Gasteiger partial charge on any atom is -0.463 e. The van der Waals surface area contributed by atoms with Crippen molar-refractivity contribution in [3.05, 3.63) is 229 Å². The van der Waals surface area contributed by atoms with Crippen molar-refractivity contribution in [1.29, 1.82) is 0 Å². The van der Waals surface area contributed by atoms with Crippen molar-refractivity contribution < 1.29 is 171 Å². The van der Waals surface area contributed by atoms with Crippen molar-refractivity contribution in [2.24, 2.45) is 0 Å². The molecule has 1 N–H and O–H groups in total. The molecule has 0 spiro atoms. The Morgan fingerprint density at radius 1 is 0.259 bits per heavy atom. The molecule has 5 aliphatic rings. The highest BCUT2D eigenvalue weighted by molar-refractivity contribution is 7.00. The summed E-state index contributed by atoms with van der Waals surface area (Å²) in [5.74, 6) is -12.2. The lowest BCUT2D eigenvalue weighted by molar-refractivity contribution is -0.391. The fourth-order valence-corrected chi connectivity index (χ4v) is 27.3. The normalized spacial score (nSPS) is 28.2.